The molecule has 0 aliphatic carbocycles. The lowest BCUT2D eigenvalue weighted by Gasteiger charge is -2.38. The standard InChI is InChI=1S/C13H16FN3O2/c14-12-8-10(17(18)19)3-4-13(12)16-7-6-15-5-1-2-11(15)9-16/h3-4,8,11H,1-2,5-7,9H2. The van der Waals surface area contributed by atoms with Gasteiger partial charge in [-0.2, -0.15) is 0 Å². The van der Waals surface area contributed by atoms with Crippen molar-refractivity contribution >= 4 is 11.4 Å². The first-order valence-electron chi connectivity index (χ1n) is 6.58. The van der Waals surface area contributed by atoms with Gasteiger partial charge >= 0.3 is 0 Å². The Hall–Kier alpha value is -1.69. The number of non-ortho nitro benzene ring substituents is 1. The van der Waals surface area contributed by atoms with Gasteiger partial charge in [-0.3, -0.25) is 15.0 Å². The molecule has 3 rings (SSSR count). The van der Waals surface area contributed by atoms with Crippen molar-refractivity contribution in [3.8, 4) is 0 Å². The van der Waals surface area contributed by atoms with E-state index >= 15 is 0 Å². The number of anilines is 1. The Morgan fingerprint density at radius 1 is 1.32 bits per heavy atom. The van der Waals surface area contributed by atoms with Gasteiger partial charge in [0.05, 0.1) is 16.7 Å². The summed E-state index contributed by atoms with van der Waals surface area (Å²) in [6.07, 6.45) is 2.37. The fourth-order valence-corrected chi connectivity index (χ4v) is 3.08. The fourth-order valence-electron chi connectivity index (χ4n) is 3.08. The predicted octanol–water partition coefficient (Wildman–Crippen LogP) is 2.02. The Balaban J connectivity index is 1.80. The third-order valence-electron chi connectivity index (χ3n) is 4.07. The van der Waals surface area contributed by atoms with Crippen molar-refractivity contribution in [2.24, 2.45) is 0 Å². The maximum atomic E-state index is 14.0. The van der Waals surface area contributed by atoms with Crippen molar-refractivity contribution < 1.29 is 9.31 Å². The maximum Gasteiger partial charge on any atom is 0.272 e. The summed E-state index contributed by atoms with van der Waals surface area (Å²) in [5.41, 5.74) is 0.290. The lowest BCUT2D eigenvalue weighted by molar-refractivity contribution is -0.385. The van der Waals surface area contributed by atoms with E-state index in [1.54, 1.807) is 0 Å². The molecule has 19 heavy (non-hydrogen) atoms. The van der Waals surface area contributed by atoms with Gasteiger partial charge in [-0.05, 0) is 25.5 Å². The molecule has 0 bridgehead atoms. The summed E-state index contributed by atoms with van der Waals surface area (Å²) in [6.45, 7) is 3.68. The van der Waals surface area contributed by atoms with Gasteiger partial charge in [-0.1, -0.05) is 0 Å². The zero-order valence-corrected chi connectivity index (χ0v) is 10.6. The number of fused-ring (bicyclic) bond motifs is 1. The van der Waals surface area contributed by atoms with Crippen molar-refractivity contribution in [2.75, 3.05) is 31.1 Å². The van der Waals surface area contributed by atoms with E-state index in [0.717, 1.165) is 38.7 Å². The van der Waals surface area contributed by atoms with Crippen LogP contribution >= 0.6 is 0 Å². The van der Waals surface area contributed by atoms with Crippen LogP contribution in [0, 0.1) is 15.9 Å². The molecule has 0 radical (unpaired) electrons. The predicted molar refractivity (Wildman–Crippen MR) is 69.9 cm³/mol. The lowest BCUT2D eigenvalue weighted by Crippen LogP contribution is -2.50. The van der Waals surface area contributed by atoms with E-state index in [1.807, 2.05) is 4.90 Å². The van der Waals surface area contributed by atoms with E-state index in [9.17, 15) is 14.5 Å². The molecule has 1 unspecified atom stereocenters. The first kappa shape index (κ1) is 12.3. The van der Waals surface area contributed by atoms with E-state index in [4.69, 9.17) is 0 Å². The molecule has 2 saturated heterocycles. The highest BCUT2D eigenvalue weighted by Gasteiger charge is 2.31. The summed E-state index contributed by atoms with van der Waals surface area (Å²) in [7, 11) is 0. The Kier molecular flexibility index (Phi) is 3.10. The van der Waals surface area contributed by atoms with Crippen molar-refractivity contribution in [3.05, 3.63) is 34.1 Å². The number of rotatable bonds is 2. The quantitative estimate of drug-likeness (QED) is 0.606. The Morgan fingerprint density at radius 3 is 2.89 bits per heavy atom. The molecule has 2 heterocycles. The molecule has 0 N–H and O–H groups in total. The van der Waals surface area contributed by atoms with Crippen molar-refractivity contribution in [1.29, 1.82) is 0 Å². The van der Waals surface area contributed by atoms with Crippen LogP contribution in [0.5, 0.6) is 0 Å². The average Bonchev–Trinajstić information content (AvgIpc) is 2.85. The minimum absolute atomic E-state index is 0.194. The van der Waals surface area contributed by atoms with Crippen molar-refractivity contribution in [3.63, 3.8) is 0 Å². The molecular formula is C13H16FN3O2. The van der Waals surface area contributed by atoms with Gasteiger partial charge < -0.3 is 4.90 Å². The number of hydrogen-bond acceptors (Lipinski definition) is 4. The first-order valence-corrected chi connectivity index (χ1v) is 6.58. The number of hydrogen-bond donors (Lipinski definition) is 0. The summed E-state index contributed by atoms with van der Waals surface area (Å²) < 4.78 is 14.0. The van der Waals surface area contributed by atoms with E-state index in [-0.39, 0.29) is 5.69 Å². The monoisotopic (exact) mass is 265 g/mol. The molecule has 1 atom stereocenters. The van der Waals surface area contributed by atoms with E-state index in [1.165, 1.54) is 18.6 Å². The summed E-state index contributed by atoms with van der Waals surface area (Å²) in [5, 5.41) is 10.6. The molecule has 6 heteroatoms. The number of benzene rings is 1. The molecule has 2 fully saturated rings. The van der Waals surface area contributed by atoms with Crippen molar-refractivity contribution in [2.45, 2.75) is 18.9 Å². The van der Waals surface area contributed by atoms with Gasteiger partial charge in [0.25, 0.3) is 5.69 Å². The normalized spacial score (nSPS) is 23.4. The van der Waals surface area contributed by atoms with Crippen LogP contribution < -0.4 is 4.90 Å². The van der Waals surface area contributed by atoms with Crippen LogP contribution in [0.25, 0.3) is 0 Å². The number of nitro benzene ring substituents is 1. The van der Waals surface area contributed by atoms with Crippen molar-refractivity contribution in [1.82, 2.24) is 4.90 Å². The number of piperazine rings is 1. The van der Waals surface area contributed by atoms with E-state index in [0.29, 0.717) is 11.7 Å². The van der Waals surface area contributed by atoms with Crippen LogP contribution in [0.3, 0.4) is 0 Å². The van der Waals surface area contributed by atoms with E-state index < -0.39 is 10.7 Å². The van der Waals surface area contributed by atoms with E-state index in [2.05, 4.69) is 4.90 Å². The highest BCUT2D eigenvalue weighted by molar-refractivity contribution is 5.53. The van der Waals surface area contributed by atoms with Crippen LogP contribution in [0.4, 0.5) is 15.8 Å². The Morgan fingerprint density at radius 2 is 2.16 bits per heavy atom. The van der Waals surface area contributed by atoms with Crippen LogP contribution in [-0.4, -0.2) is 42.0 Å². The fraction of sp³-hybridized carbons (Fsp3) is 0.538. The third kappa shape index (κ3) is 2.28. The number of nitrogens with zero attached hydrogens (tertiary/aromatic N) is 3. The van der Waals surface area contributed by atoms with Gasteiger partial charge in [0.1, 0.15) is 0 Å². The third-order valence-corrected chi connectivity index (χ3v) is 4.07. The summed E-state index contributed by atoms with van der Waals surface area (Å²) >= 11 is 0. The summed E-state index contributed by atoms with van der Waals surface area (Å²) in [6, 6.07) is 4.41. The molecule has 0 saturated carbocycles. The minimum atomic E-state index is -0.568. The average molecular weight is 265 g/mol. The Labute approximate surface area is 110 Å². The molecule has 1 aromatic carbocycles. The van der Waals surface area contributed by atoms with Crippen LogP contribution in [0.15, 0.2) is 18.2 Å². The second-order valence-electron chi connectivity index (χ2n) is 5.17. The van der Waals surface area contributed by atoms with Gasteiger partial charge in [-0.15, -0.1) is 0 Å². The zero-order chi connectivity index (χ0) is 13.4. The highest BCUT2D eigenvalue weighted by atomic mass is 19.1. The zero-order valence-electron chi connectivity index (χ0n) is 10.6. The molecule has 5 nitrogen and oxygen atoms in total. The number of nitro groups is 1. The molecule has 2 aliphatic heterocycles. The molecule has 0 amide bonds. The Bertz CT molecular complexity index is 509. The second-order valence-corrected chi connectivity index (χ2v) is 5.17. The molecule has 2 aliphatic rings. The van der Waals surface area contributed by atoms with Crippen LogP contribution in [0.2, 0.25) is 0 Å². The van der Waals surface area contributed by atoms with Gasteiger partial charge in [-0.25, -0.2) is 4.39 Å². The molecule has 0 spiro atoms. The van der Waals surface area contributed by atoms with Crippen LogP contribution in [-0.2, 0) is 0 Å². The molecule has 102 valence electrons. The largest absolute Gasteiger partial charge is 0.366 e. The second kappa shape index (κ2) is 4.77. The summed E-state index contributed by atoms with van der Waals surface area (Å²) in [5.74, 6) is -0.499. The maximum absolute atomic E-state index is 14.0. The SMILES string of the molecule is O=[N+]([O-])c1ccc(N2CCN3CCCC3C2)c(F)c1. The van der Waals surface area contributed by atoms with Gasteiger partial charge in [0.2, 0.25) is 0 Å². The molecule has 1 aromatic rings. The summed E-state index contributed by atoms with van der Waals surface area (Å²) in [4.78, 5) is 14.5. The van der Waals surface area contributed by atoms with Gasteiger partial charge in [0, 0.05) is 31.7 Å². The van der Waals surface area contributed by atoms with Gasteiger partial charge in [0.15, 0.2) is 5.82 Å². The molecular weight excluding hydrogens is 249 g/mol. The lowest BCUT2D eigenvalue weighted by atomic mass is 10.1. The molecule has 0 aromatic heterocycles. The highest BCUT2D eigenvalue weighted by Crippen LogP contribution is 2.28. The smallest absolute Gasteiger partial charge is 0.272 e. The minimum Gasteiger partial charge on any atom is -0.366 e. The van der Waals surface area contributed by atoms with Crippen LogP contribution in [0.1, 0.15) is 12.8 Å². The topological polar surface area (TPSA) is 49.6 Å². The first-order chi connectivity index (χ1) is 9.15. The number of halogens is 1.